The highest BCUT2D eigenvalue weighted by atomic mass is 32.2. The van der Waals surface area contributed by atoms with Crippen LogP contribution in [0.25, 0.3) is 0 Å². The molecule has 0 aliphatic heterocycles. The number of rotatable bonds is 13. The molecule has 0 saturated heterocycles. The lowest BCUT2D eigenvalue weighted by atomic mass is 10.1. The highest BCUT2D eigenvalue weighted by Crippen LogP contribution is 2.28. The second-order valence-electron chi connectivity index (χ2n) is 7.04. The third kappa shape index (κ3) is 7.37. The fourth-order valence-corrected chi connectivity index (χ4v) is 3.93. The lowest BCUT2D eigenvalue weighted by Crippen LogP contribution is -2.32. The summed E-state index contributed by atoms with van der Waals surface area (Å²) in [7, 11) is -0.823. The molecule has 2 N–H and O–H groups in total. The van der Waals surface area contributed by atoms with Gasteiger partial charge in [-0.2, -0.15) is 0 Å². The molecule has 2 aromatic rings. The first-order chi connectivity index (χ1) is 14.8. The Bertz CT molecular complexity index is 953. The molecule has 7 nitrogen and oxygen atoms in total. The molecule has 0 amide bonds. The van der Waals surface area contributed by atoms with Gasteiger partial charge >= 0.3 is 0 Å². The smallest absolute Gasteiger partial charge is 0.244 e. The van der Waals surface area contributed by atoms with Gasteiger partial charge in [0.15, 0.2) is 11.5 Å². The molecule has 31 heavy (non-hydrogen) atoms. The second-order valence-corrected chi connectivity index (χ2v) is 8.89. The van der Waals surface area contributed by atoms with Gasteiger partial charge in [0.2, 0.25) is 10.0 Å². The normalized spacial score (nSPS) is 12.4. The van der Waals surface area contributed by atoms with Crippen molar-refractivity contribution in [3.05, 3.63) is 47.8 Å². The number of sulfonamides is 1. The zero-order chi connectivity index (χ0) is 22.9. The summed E-state index contributed by atoms with van der Waals surface area (Å²) >= 11 is 0. The molecule has 1 atom stereocenters. The molecule has 0 saturated carbocycles. The van der Waals surface area contributed by atoms with Crippen molar-refractivity contribution in [2.45, 2.75) is 37.6 Å². The van der Waals surface area contributed by atoms with E-state index in [0.717, 1.165) is 12.0 Å². The maximum Gasteiger partial charge on any atom is 0.244 e. The Morgan fingerprint density at radius 3 is 2.42 bits per heavy atom. The number of hydrogen-bond donors (Lipinski definition) is 2. The van der Waals surface area contributed by atoms with Crippen LogP contribution in [0.2, 0.25) is 0 Å². The van der Waals surface area contributed by atoms with Crippen molar-refractivity contribution in [3.63, 3.8) is 0 Å². The van der Waals surface area contributed by atoms with Crippen LogP contribution in [0, 0.1) is 5.82 Å². The monoisotopic (exact) mass is 454 g/mol. The van der Waals surface area contributed by atoms with Gasteiger partial charge in [-0.1, -0.05) is 13.0 Å². The van der Waals surface area contributed by atoms with E-state index in [9.17, 15) is 12.8 Å². The molecule has 0 spiro atoms. The van der Waals surface area contributed by atoms with Crippen LogP contribution in [0.1, 0.15) is 25.8 Å². The summed E-state index contributed by atoms with van der Waals surface area (Å²) in [6.07, 6.45) is 1.46. The second kappa shape index (κ2) is 11.9. The maximum atomic E-state index is 13.5. The Balaban J connectivity index is 1.91. The Morgan fingerprint density at radius 2 is 1.74 bits per heavy atom. The van der Waals surface area contributed by atoms with Crippen LogP contribution in [-0.2, 0) is 16.4 Å². The van der Waals surface area contributed by atoms with E-state index in [0.29, 0.717) is 43.4 Å². The predicted octanol–water partition coefficient (Wildman–Crippen LogP) is 3.13. The standard InChI is InChI=1S/C22H31FN2O5S/c1-5-11-29-19-9-7-18(23)15-21(19)30-12-10-25-16(2)13-17-6-8-20(28-4)22(14-17)31(26,27)24-3/h6-9,14-16,24-25H,5,10-13H2,1-4H3. The molecule has 1 unspecified atom stereocenters. The highest BCUT2D eigenvalue weighted by molar-refractivity contribution is 7.89. The van der Waals surface area contributed by atoms with Crippen molar-refractivity contribution >= 4 is 10.0 Å². The van der Waals surface area contributed by atoms with E-state index in [-0.39, 0.29) is 16.8 Å². The van der Waals surface area contributed by atoms with Crippen LogP contribution < -0.4 is 24.2 Å². The third-order valence-corrected chi connectivity index (χ3v) is 5.98. The molecule has 172 valence electrons. The van der Waals surface area contributed by atoms with E-state index in [1.54, 1.807) is 18.2 Å². The molecule has 0 aromatic heterocycles. The van der Waals surface area contributed by atoms with Gasteiger partial charge in [-0.25, -0.2) is 17.5 Å². The van der Waals surface area contributed by atoms with Crippen LogP contribution in [0.5, 0.6) is 17.2 Å². The molecule has 0 bridgehead atoms. The van der Waals surface area contributed by atoms with Crippen molar-refractivity contribution in [1.82, 2.24) is 10.0 Å². The average Bonchev–Trinajstić information content (AvgIpc) is 2.76. The van der Waals surface area contributed by atoms with Crippen molar-refractivity contribution in [2.24, 2.45) is 0 Å². The molecule has 2 aromatic carbocycles. The maximum absolute atomic E-state index is 13.5. The van der Waals surface area contributed by atoms with Gasteiger partial charge < -0.3 is 19.5 Å². The summed E-state index contributed by atoms with van der Waals surface area (Å²) in [4.78, 5) is 0.108. The molecule has 0 heterocycles. The Hall–Kier alpha value is -2.36. The number of hydrogen-bond acceptors (Lipinski definition) is 6. The van der Waals surface area contributed by atoms with Crippen molar-refractivity contribution in [2.75, 3.05) is 33.9 Å². The number of nitrogens with one attached hydrogen (secondary N) is 2. The largest absolute Gasteiger partial charge is 0.495 e. The Labute approximate surface area is 184 Å². The summed E-state index contributed by atoms with van der Waals surface area (Å²) in [6, 6.07) is 9.39. The molecule has 0 aliphatic carbocycles. The minimum Gasteiger partial charge on any atom is -0.495 e. The van der Waals surface area contributed by atoms with Crippen molar-refractivity contribution < 1.29 is 27.0 Å². The minimum atomic E-state index is -3.62. The van der Waals surface area contributed by atoms with Crippen molar-refractivity contribution in [1.29, 1.82) is 0 Å². The summed E-state index contributed by atoms with van der Waals surface area (Å²) < 4.78 is 56.7. The van der Waals surface area contributed by atoms with Crippen LogP contribution >= 0.6 is 0 Å². The Kier molecular flexibility index (Phi) is 9.54. The fraction of sp³-hybridized carbons (Fsp3) is 0.455. The third-order valence-electron chi connectivity index (χ3n) is 4.55. The van der Waals surface area contributed by atoms with Gasteiger partial charge in [-0.05, 0) is 56.6 Å². The summed E-state index contributed by atoms with van der Waals surface area (Å²) in [5.74, 6) is 0.808. The molecule has 0 aliphatic rings. The Morgan fingerprint density at radius 1 is 1.03 bits per heavy atom. The van der Waals surface area contributed by atoms with E-state index in [1.165, 1.54) is 26.3 Å². The van der Waals surface area contributed by atoms with Gasteiger partial charge in [-0.15, -0.1) is 0 Å². The molecular formula is C22H31FN2O5S. The van der Waals surface area contributed by atoms with Gasteiger partial charge in [0.25, 0.3) is 0 Å². The SMILES string of the molecule is CCCOc1ccc(F)cc1OCCNC(C)Cc1ccc(OC)c(S(=O)(=O)NC)c1. The first-order valence-corrected chi connectivity index (χ1v) is 11.7. The van der Waals surface area contributed by atoms with E-state index < -0.39 is 10.0 Å². The molecule has 0 radical (unpaired) electrons. The van der Waals surface area contributed by atoms with E-state index >= 15 is 0 Å². The van der Waals surface area contributed by atoms with Crippen LogP contribution in [0.15, 0.2) is 41.3 Å². The van der Waals surface area contributed by atoms with Crippen molar-refractivity contribution in [3.8, 4) is 17.2 Å². The minimum absolute atomic E-state index is 0.0606. The lowest BCUT2D eigenvalue weighted by Gasteiger charge is -2.17. The number of methoxy groups -OCH3 is 1. The van der Waals surface area contributed by atoms with E-state index in [2.05, 4.69) is 10.0 Å². The molecule has 9 heteroatoms. The summed E-state index contributed by atoms with van der Waals surface area (Å²) in [5.41, 5.74) is 0.857. The fourth-order valence-electron chi connectivity index (χ4n) is 2.99. The number of ether oxygens (including phenoxy) is 3. The average molecular weight is 455 g/mol. The topological polar surface area (TPSA) is 85.9 Å². The van der Waals surface area contributed by atoms with E-state index in [1.807, 2.05) is 19.9 Å². The summed E-state index contributed by atoms with van der Waals surface area (Å²) in [6.45, 7) is 5.38. The number of benzene rings is 2. The van der Waals surface area contributed by atoms with Crippen LogP contribution in [0.3, 0.4) is 0 Å². The molecular weight excluding hydrogens is 423 g/mol. The quantitative estimate of drug-likeness (QED) is 0.453. The zero-order valence-electron chi connectivity index (χ0n) is 18.4. The van der Waals surface area contributed by atoms with E-state index in [4.69, 9.17) is 14.2 Å². The summed E-state index contributed by atoms with van der Waals surface area (Å²) in [5, 5.41) is 3.32. The zero-order valence-corrected chi connectivity index (χ0v) is 19.2. The highest BCUT2D eigenvalue weighted by Gasteiger charge is 2.18. The number of halogens is 1. The van der Waals surface area contributed by atoms with Crippen LogP contribution in [0.4, 0.5) is 4.39 Å². The lowest BCUT2D eigenvalue weighted by molar-refractivity contribution is 0.263. The van der Waals surface area contributed by atoms with Gasteiger partial charge in [0.05, 0.1) is 13.7 Å². The van der Waals surface area contributed by atoms with Gasteiger partial charge in [-0.3, -0.25) is 0 Å². The predicted molar refractivity (Wildman–Crippen MR) is 118 cm³/mol. The first kappa shape index (κ1) is 24.9. The van der Waals surface area contributed by atoms with Crippen LogP contribution in [-0.4, -0.2) is 48.4 Å². The molecule has 0 fully saturated rings. The van der Waals surface area contributed by atoms with Gasteiger partial charge in [0.1, 0.15) is 23.1 Å². The van der Waals surface area contributed by atoms with Gasteiger partial charge in [0, 0.05) is 18.7 Å². The first-order valence-electron chi connectivity index (χ1n) is 10.2. The molecule has 2 rings (SSSR count).